The number of nitrogens with zero attached hydrogens (tertiary/aromatic N) is 1. The van der Waals surface area contributed by atoms with Crippen LogP contribution in [0.5, 0.6) is 0 Å². The van der Waals surface area contributed by atoms with Crippen molar-refractivity contribution in [3.63, 3.8) is 0 Å². The molecule has 2 N–H and O–H groups in total. The first-order chi connectivity index (χ1) is 14.3. The summed E-state index contributed by atoms with van der Waals surface area (Å²) >= 11 is 0. The Labute approximate surface area is 178 Å². The maximum atomic E-state index is 13.6. The Balaban J connectivity index is 1.98. The molecule has 2 amide bonds. The monoisotopic (exact) mass is 424 g/mol. The molecule has 170 valence electrons. The van der Waals surface area contributed by atoms with Crippen LogP contribution in [0.15, 0.2) is 0 Å². The highest BCUT2D eigenvalue weighted by molar-refractivity contribution is 5.98. The summed E-state index contributed by atoms with van der Waals surface area (Å²) in [6, 6.07) is -0.821. The Bertz CT molecular complexity index is 683. The molecule has 0 saturated carbocycles. The van der Waals surface area contributed by atoms with E-state index >= 15 is 0 Å². The number of rotatable bonds is 10. The van der Waals surface area contributed by atoms with Gasteiger partial charge in [0, 0.05) is 19.2 Å². The second-order valence-corrected chi connectivity index (χ2v) is 9.06. The number of ether oxygens (including phenoxy) is 2. The molecule has 3 saturated heterocycles. The van der Waals surface area contributed by atoms with E-state index in [2.05, 4.69) is 5.32 Å². The highest BCUT2D eigenvalue weighted by Gasteiger charge is 2.78. The van der Waals surface area contributed by atoms with Crippen molar-refractivity contribution in [1.29, 1.82) is 0 Å². The zero-order chi connectivity index (χ0) is 22.1. The number of aliphatic hydroxyl groups excluding tert-OH is 1. The zero-order valence-electron chi connectivity index (χ0n) is 18.6. The Morgan fingerprint density at radius 2 is 2.00 bits per heavy atom. The van der Waals surface area contributed by atoms with E-state index in [0.717, 1.165) is 6.42 Å². The third-order valence-corrected chi connectivity index (χ3v) is 6.96. The summed E-state index contributed by atoms with van der Waals surface area (Å²) in [5.41, 5.74) is -1.73. The first-order valence-electron chi connectivity index (χ1n) is 11.4. The highest BCUT2D eigenvalue weighted by atomic mass is 16.6. The third kappa shape index (κ3) is 3.51. The van der Waals surface area contributed by atoms with Crippen LogP contribution in [0.1, 0.15) is 66.2 Å². The van der Waals surface area contributed by atoms with Gasteiger partial charge >= 0.3 is 5.97 Å². The molecule has 0 radical (unpaired) electrons. The number of amides is 2. The average Bonchev–Trinajstić information content (AvgIpc) is 3.29. The van der Waals surface area contributed by atoms with E-state index in [1.54, 1.807) is 11.8 Å². The molecule has 3 aliphatic heterocycles. The number of nitrogens with one attached hydrogen (secondary N) is 1. The summed E-state index contributed by atoms with van der Waals surface area (Å²) in [4.78, 5) is 41.5. The molecule has 1 spiro atoms. The minimum absolute atomic E-state index is 0.0705. The van der Waals surface area contributed by atoms with Crippen LogP contribution in [-0.2, 0) is 23.9 Å². The third-order valence-electron chi connectivity index (χ3n) is 6.96. The first kappa shape index (κ1) is 23.0. The second kappa shape index (κ2) is 8.83. The zero-order valence-corrected chi connectivity index (χ0v) is 18.6. The lowest BCUT2D eigenvalue weighted by Crippen LogP contribution is -2.56. The molecule has 30 heavy (non-hydrogen) atoms. The summed E-state index contributed by atoms with van der Waals surface area (Å²) in [5, 5.41) is 12.0. The van der Waals surface area contributed by atoms with Crippen LogP contribution in [0.25, 0.3) is 0 Å². The van der Waals surface area contributed by atoms with Gasteiger partial charge in [0.15, 0.2) is 0 Å². The maximum absolute atomic E-state index is 13.6. The van der Waals surface area contributed by atoms with E-state index in [9.17, 15) is 14.4 Å². The van der Waals surface area contributed by atoms with Gasteiger partial charge in [-0.1, -0.05) is 6.92 Å². The van der Waals surface area contributed by atoms with Crippen molar-refractivity contribution in [3.05, 3.63) is 0 Å². The fourth-order valence-electron chi connectivity index (χ4n) is 5.78. The van der Waals surface area contributed by atoms with Crippen molar-refractivity contribution >= 4 is 17.8 Å². The lowest BCUT2D eigenvalue weighted by Gasteiger charge is -2.34. The summed E-state index contributed by atoms with van der Waals surface area (Å²) in [7, 11) is 0. The molecular weight excluding hydrogens is 388 g/mol. The van der Waals surface area contributed by atoms with Gasteiger partial charge < -0.3 is 24.8 Å². The number of unbranched alkanes of at least 4 members (excludes halogenated alkanes) is 2. The van der Waals surface area contributed by atoms with Gasteiger partial charge in [0.1, 0.15) is 17.6 Å². The Hall–Kier alpha value is -1.67. The van der Waals surface area contributed by atoms with Crippen molar-refractivity contribution in [2.45, 2.75) is 89.5 Å². The number of likely N-dealkylation sites (tertiary alicyclic amines) is 1. The van der Waals surface area contributed by atoms with Gasteiger partial charge in [-0.3, -0.25) is 14.4 Å². The molecule has 0 aromatic rings. The van der Waals surface area contributed by atoms with Crippen molar-refractivity contribution in [3.8, 4) is 0 Å². The van der Waals surface area contributed by atoms with E-state index < -0.39 is 35.0 Å². The molecule has 8 heteroatoms. The molecule has 5 atom stereocenters. The summed E-state index contributed by atoms with van der Waals surface area (Å²) in [5.74, 6) is -2.17. The smallest absolute Gasteiger partial charge is 0.312 e. The Kier molecular flexibility index (Phi) is 6.77. The second-order valence-electron chi connectivity index (χ2n) is 9.06. The van der Waals surface area contributed by atoms with Gasteiger partial charge in [0.2, 0.25) is 11.8 Å². The Morgan fingerprint density at radius 3 is 2.60 bits per heavy atom. The van der Waals surface area contributed by atoms with E-state index in [1.165, 1.54) is 0 Å². The molecule has 2 unspecified atom stereocenters. The predicted molar refractivity (Wildman–Crippen MR) is 109 cm³/mol. The quantitative estimate of drug-likeness (QED) is 0.406. The molecule has 0 aromatic carbocycles. The van der Waals surface area contributed by atoms with Crippen molar-refractivity contribution in [2.24, 2.45) is 11.8 Å². The van der Waals surface area contributed by atoms with Gasteiger partial charge in [0.05, 0.1) is 18.1 Å². The molecular formula is C22H36N2O6. The number of esters is 1. The van der Waals surface area contributed by atoms with Crippen LogP contribution in [0.4, 0.5) is 0 Å². The van der Waals surface area contributed by atoms with Gasteiger partial charge in [-0.2, -0.15) is 0 Å². The SMILES string of the molecule is CCOC(=O)[C@H]1[C@H]2C(=O)N(CCCCCO)C(C(=O)NC(C)C)C23CC[C@]1(CC)O3. The van der Waals surface area contributed by atoms with Crippen LogP contribution < -0.4 is 5.32 Å². The van der Waals surface area contributed by atoms with Crippen molar-refractivity contribution in [2.75, 3.05) is 19.8 Å². The van der Waals surface area contributed by atoms with Crippen LogP contribution in [0, 0.1) is 11.8 Å². The van der Waals surface area contributed by atoms with Crippen molar-refractivity contribution < 1.29 is 29.0 Å². The first-order valence-corrected chi connectivity index (χ1v) is 11.4. The molecule has 8 nitrogen and oxygen atoms in total. The fourth-order valence-corrected chi connectivity index (χ4v) is 5.78. The molecule has 3 aliphatic rings. The predicted octanol–water partition coefficient (Wildman–Crippen LogP) is 1.39. The molecule has 0 aromatic heterocycles. The molecule has 2 bridgehead atoms. The highest BCUT2D eigenvalue weighted by Crippen LogP contribution is 2.64. The Morgan fingerprint density at radius 1 is 1.27 bits per heavy atom. The topological polar surface area (TPSA) is 105 Å². The van der Waals surface area contributed by atoms with Crippen LogP contribution >= 0.6 is 0 Å². The standard InChI is InChI=1S/C22H36N2O6/c1-5-21-10-11-22(30-21)15(16(21)20(28)29-6-2)19(27)24(12-8-7-9-13-25)17(22)18(26)23-14(3)4/h14-17,25H,5-13H2,1-4H3,(H,23,26)/t15-,16+,17?,21-,22?/m0/s1. The number of carbonyl (C=O) groups is 3. The van der Waals surface area contributed by atoms with Crippen LogP contribution in [0.2, 0.25) is 0 Å². The number of fused-ring (bicyclic) bond motifs is 1. The van der Waals surface area contributed by atoms with Crippen LogP contribution in [0.3, 0.4) is 0 Å². The average molecular weight is 425 g/mol. The molecule has 3 heterocycles. The minimum Gasteiger partial charge on any atom is -0.466 e. The lowest BCUT2D eigenvalue weighted by atomic mass is 9.65. The largest absolute Gasteiger partial charge is 0.466 e. The number of hydrogen-bond acceptors (Lipinski definition) is 6. The molecule has 3 rings (SSSR count). The maximum Gasteiger partial charge on any atom is 0.312 e. The normalized spacial score (nSPS) is 34.5. The molecule has 3 fully saturated rings. The van der Waals surface area contributed by atoms with Gasteiger partial charge in [-0.05, 0) is 59.3 Å². The summed E-state index contributed by atoms with van der Waals surface area (Å²) in [6.07, 6.45) is 3.91. The van der Waals surface area contributed by atoms with Gasteiger partial charge in [-0.15, -0.1) is 0 Å². The van der Waals surface area contributed by atoms with Crippen LogP contribution in [-0.4, -0.2) is 70.8 Å². The van der Waals surface area contributed by atoms with Gasteiger partial charge in [-0.25, -0.2) is 0 Å². The van der Waals surface area contributed by atoms with Crippen molar-refractivity contribution in [1.82, 2.24) is 10.2 Å². The number of carbonyl (C=O) groups excluding carboxylic acids is 3. The van der Waals surface area contributed by atoms with E-state index in [1.807, 2.05) is 20.8 Å². The number of hydrogen-bond donors (Lipinski definition) is 2. The lowest BCUT2D eigenvalue weighted by molar-refractivity contribution is -0.160. The molecule has 0 aliphatic carbocycles. The van der Waals surface area contributed by atoms with E-state index in [-0.39, 0.29) is 31.1 Å². The van der Waals surface area contributed by atoms with Gasteiger partial charge in [0.25, 0.3) is 0 Å². The van der Waals surface area contributed by atoms with E-state index in [4.69, 9.17) is 14.6 Å². The summed E-state index contributed by atoms with van der Waals surface area (Å²) in [6.45, 7) is 8.24. The summed E-state index contributed by atoms with van der Waals surface area (Å²) < 4.78 is 11.9. The fraction of sp³-hybridized carbons (Fsp3) is 0.864. The number of aliphatic hydroxyl groups is 1. The van der Waals surface area contributed by atoms with E-state index in [0.29, 0.717) is 38.6 Å². The minimum atomic E-state index is -0.986.